The zero-order chi connectivity index (χ0) is 16.7. The third-order valence-electron chi connectivity index (χ3n) is 3.47. The number of nitrogens with one attached hydrogen (secondary N) is 2. The summed E-state index contributed by atoms with van der Waals surface area (Å²) in [7, 11) is 1.76. The molecule has 1 aromatic heterocycles. The Morgan fingerprint density at radius 2 is 1.96 bits per heavy atom. The van der Waals surface area contributed by atoms with Gasteiger partial charge in [-0.3, -0.25) is 4.99 Å². The third-order valence-corrected chi connectivity index (χ3v) is 4.72. The van der Waals surface area contributed by atoms with Crippen LogP contribution in [0.5, 0.6) is 0 Å². The molecule has 0 aliphatic rings. The molecule has 132 valence electrons. The summed E-state index contributed by atoms with van der Waals surface area (Å²) in [6, 6.07) is 9.87. The number of rotatable bonds is 6. The highest BCUT2D eigenvalue weighted by atomic mass is 127. The molecule has 0 amide bonds. The van der Waals surface area contributed by atoms with Gasteiger partial charge in [0.25, 0.3) is 0 Å². The number of thioether (sulfide) groups is 1. The monoisotopic (exact) mass is 460 g/mol. The maximum absolute atomic E-state index is 5.53. The number of oxazole rings is 1. The molecule has 2 aromatic rings. The predicted octanol–water partition coefficient (Wildman–Crippen LogP) is 3.77. The van der Waals surface area contributed by atoms with Crippen molar-refractivity contribution in [3.05, 3.63) is 42.3 Å². The summed E-state index contributed by atoms with van der Waals surface area (Å²) in [4.78, 5) is 8.73. The number of benzene rings is 1. The Morgan fingerprint density at radius 1 is 1.25 bits per heavy atom. The van der Waals surface area contributed by atoms with E-state index in [1.807, 2.05) is 42.1 Å². The van der Waals surface area contributed by atoms with Crippen molar-refractivity contribution in [1.29, 1.82) is 0 Å². The average molecular weight is 460 g/mol. The van der Waals surface area contributed by atoms with Crippen LogP contribution in [-0.4, -0.2) is 35.5 Å². The zero-order valence-electron chi connectivity index (χ0n) is 14.5. The molecule has 0 saturated carbocycles. The predicted molar refractivity (Wildman–Crippen MR) is 113 cm³/mol. The average Bonchev–Trinajstić information content (AvgIpc) is 3.05. The quantitative estimate of drug-likeness (QED) is 0.391. The van der Waals surface area contributed by atoms with Gasteiger partial charge in [0.1, 0.15) is 6.26 Å². The molecule has 0 aliphatic heterocycles. The number of aliphatic imine (C=N–C) groups is 1. The van der Waals surface area contributed by atoms with Crippen molar-refractivity contribution < 1.29 is 4.42 Å². The smallest absolute Gasteiger partial charge is 0.226 e. The Bertz CT molecular complexity index is 643. The fraction of sp³-hybridized carbons (Fsp3) is 0.412. The third kappa shape index (κ3) is 6.35. The van der Waals surface area contributed by atoms with Crippen LogP contribution < -0.4 is 10.6 Å². The zero-order valence-corrected chi connectivity index (χ0v) is 17.6. The first kappa shape index (κ1) is 20.8. The molecule has 7 heteroatoms. The minimum Gasteiger partial charge on any atom is -0.444 e. The van der Waals surface area contributed by atoms with Gasteiger partial charge in [-0.05, 0) is 32.2 Å². The van der Waals surface area contributed by atoms with E-state index < -0.39 is 0 Å². The van der Waals surface area contributed by atoms with Crippen molar-refractivity contribution in [2.75, 3.05) is 19.8 Å². The van der Waals surface area contributed by atoms with Crippen molar-refractivity contribution >= 4 is 41.7 Å². The van der Waals surface area contributed by atoms with Crippen LogP contribution in [0.4, 0.5) is 0 Å². The Hall–Kier alpha value is -1.22. The number of halogens is 1. The molecule has 5 nitrogen and oxygen atoms in total. The van der Waals surface area contributed by atoms with Gasteiger partial charge >= 0.3 is 0 Å². The Morgan fingerprint density at radius 3 is 2.58 bits per heavy atom. The number of nitrogens with zero attached hydrogens (tertiary/aromatic N) is 2. The molecule has 1 aromatic carbocycles. The van der Waals surface area contributed by atoms with Crippen LogP contribution in [0.15, 0.2) is 46.0 Å². The minimum atomic E-state index is 0. The lowest BCUT2D eigenvalue weighted by atomic mass is 10.2. The fourth-order valence-corrected chi connectivity index (χ4v) is 2.08. The lowest BCUT2D eigenvalue weighted by Gasteiger charge is -2.23. The molecule has 0 unspecified atom stereocenters. The fourth-order valence-electron chi connectivity index (χ4n) is 1.87. The van der Waals surface area contributed by atoms with Crippen molar-refractivity contribution in [1.82, 2.24) is 15.6 Å². The van der Waals surface area contributed by atoms with Gasteiger partial charge in [-0.1, -0.05) is 18.2 Å². The summed E-state index contributed by atoms with van der Waals surface area (Å²) in [6.45, 7) is 5.79. The van der Waals surface area contributed by atoms with Gasteiger partial charge in [-0.2, -0.15) is 11.8 Å². The summed E-state index contributed by atoms with van der Waals surface area (Å²) in [6.07, 6.45) is 3.78. The van der Waals surface area contributed by atoms with E-state index in [9.17, 15) is 0 Å². The number of hydrogen-bond acceptors (Lipinski definition) is 4. The van der Waals surface area contributed by atoms with E-state index in [2.05, 4.69) is 40.7 Å². The molecule has 0 bridgehead atoms. The van der Waals surface area contributed by atoms with E-state index in [0.717, 1.165) is 23.8 Å². The van der Waals surface area contributed by atoms with Gasteiger partial charge < -0.3 is 15.1 Å². The van der Waals surface area contributed by atoms with Crippen LogP contribution in [0.3, 0.4) is 0 Å². The summed E-state index contributed by atoms with van der Waals surface area (Å²) >= 11 is 1.82. The van der Waals surface area contributed by atoms with E-state index >= 15 is 0 Å². The molecule has 0 spiro atoms. The summed E-state index contributed by atoms with van der Waals surface area (Å²) < 4.78 is 5.69. The second-order valence-electron chi connectivity index (χ2n) is 5.75. The molecule has 1 heterocycles. The van der Waals surface area contributed by atoms with Crippen LogP contribution in [0.1, 0.15) is 19.5 Å². The SMILES string of the molecule is CN=C(NCc1coc(-c2ccccc2)n1)NCC(C)(C)SC.I. The molecule has 0 saturated heterocycles. The summed E-state index contributed by atoms with van der Waals surface area (Å²) in [5.41, 5.74) is 1.82. The van der Waals surface area contributed by atoms with Gasteiger partial charge in [0.15, 0.2) is 5.96 Å². The van der Waals surface area contributed by atoms with Gasteiger partial charge in [0, 0.05) is 23.9 Å². The molecular formula is C17H25IN4OS. The normalized spacial score (nSPS) is 11.8. The number of aromatic nitrogens is 1. The van der Waals surface area contributed by atoms with Crippen molar-refractivity contribution in [2.24, 2.45) is 4.99 Å². The van der Waals surface area contributed by atoms with Gasteiger partial charge in [0.2, 0.25) is 5.89 Å². The van der Waals surface area contributed by atoms with E-state index in [1.54, 1.807) is 13.3 Å². The molecule has 2 N–H and O–H groups in total. The summed E-state index contributed by atoms with van der Waals surface area (Å²) in [5.74, 6) is 1.39. The van der Waals surface area contributed by atoms with Crippen LogP contribution in [-0.2, 0) is 6.54 Å². The molecule has 24 heavy (non-hydrogen) atoms. The summed E-state index contributed by atoms with van der Waals surface area (Å²) in [5, 5.41) is 6.58. The molecule has 0 radical (unpaired) electrons. The second kappa shape index (κ2) is 9.93. The Labute approximate surface area is 165 Å². The van der Waals surface area contributed by atoms with E-state index in [4.69, 9.17) is 4.42 Å². The largest absolute Gasteiger partial charge is 0.444 e. The second-order valence-corrected chi connectivity index (χ2v) is 7.27. The lowest BCUT2D eigenvalue weighted by molar-refractivity contribution is 0.572. The molecular weight excluding hydrogens is 435 g/mol. The lowest BCUT2D eigenvalue weighted by Crippen LogP contribution is -2.43. The van der Waals surface area contributed by atoms with Crippen LogP contribution in [0.2, 0.25) is 0 Å². The highest BCUT2D eigenvalue weighted by molar-refractivity contribution is 14.0. The minimum absolute atomic E-state index is 0. The van der Waals surface area contributed by atoms with Crippen molar-refractivity contribution in [3.8, 4) is 11.5 Å². The first-order valence-corrected chi connectivity index (χ1v) is 8.76. The Kier molecular flexibility index (Phi) is 8.61. The first-order valence-electron chi connectivity index (χ1n) is 7.53. The standard InChI is InChI=1S/C17H24N4OS.HI/c1-17(2,23-4)12-20-16(18-3)19-10-14-11-22-15(21-14)13-8-6-5-7-9-13;/h5-9,11H,10,12H2,1-4H3,(H2,18,19,20);1H. The van der Waals surface area contributed by atoms with Crippen molar-refractivity contribution in [3.63, 3.8) is 0 Å². The van der Waals surface area contributed by atoms with Gasteiger partial charge in [0.05, 0.1) is 12.2 Å². The highest BCUT2D eigenvalue weighted by Gasteiger charge is 2.16. The number of guanidine groups is 1. The van der Waals surface area contributed by atoms with Crippen LogP contribution in [0.25, 0.3) is 11.5 Å². The van der Waals surface area contributed by atoms with E-state index in [-0.39, 0.29) is 28.7 Å². The topological polar surface area (TPSA) is 62.5 Å². The molecule has 2 rings (SSSR count). The maximum Gasteiger partial charge on any atom is 0.226 e. The van der Waals surface area contributed by atoms with Crippen molar-refractivity contribution in [2.45, 2.75) is 25.1 Å². The highest BCUT2D eigenvalue weighted by Crippen LogP contribution is 2.19. The van der Waals surface area contributed by atoms with E-state index in [1.165, 1.54) is 0 Å². The molecule has 0 fully saturated rings. The Balaban J connectivity index is 0.00000288. The molecule has 0 aliphatic carbocycles. The first-order chi connectivity index (χ1) is 11.0. The van der Waals surface area contributed by atoms with Crippen LogP contribution in [0, 0.1) is 0 Å². The molecule has 0 atom stereocenters. The number of hydrogen-bond donors (Lipinski definition) is 2. The van der Waals surface area contributed by atoms with Gasteiger partial charge in [-0.25, -0.2) is 4.98 Å². The van der Waals surface area contributed by atoms with E-state index in [0.29, 0.717) is 12.4 Å². The maximum atomic E-state index is 5.53. The van der Waals surface area contributed by atoms with Crippen LogP contribution >= 0.6 is 35.7 Å². The van der Waals surface area contributed by atoms with Gasteiger partial charge in [-0.15, -0.1) is 24.0 Å².